The third-order valence-corrected chi connectivity index (χ3v) is 5.78. The highest BCUT2D eigenvalue weighted by Crippen LogP contribution is 2.28. The first-order valence-electron chi connectivity index (χ1n) is 6.74. The summed E-state index contributed by atoms with van der Waals surface area (Å²) in [6.07, 6.45) is 1.00. The molecule has 2 atom stereocenters. The molecule has 1 fully saturated rings. The first-order chi connectivity index (χ1) is 9.71. The Morgan fingerprint density at radius 1 is 1.29 bits per heavy atom. The average Bonchev–Trinajstić information content (AvgIpc) is 2.36. The van der Waals surface area contributed by atoms with Crippen LogP contribution >= 0.6 is 11.6 Å². The number of halogens is 1. The molecule has 7 heteroatoms. The predicted molar refractivity (Wildman–Crippen MR) is 80.1 cm³/mol. The minimum atomic E-state index is -3.64. The van der Waals surface area contributed by atoms with Crippen LogP contribution in [0.15, 0.2) is 23.1 Å². The number of nitrogens with zero attached hydrogens (tertiary/aromatic N) is 1. The minimum absolute atomic E-state index is 0.0406. The van der Waals surface area contributed by atoms with Crippen LogP contribution in [0.3, 0.4) is 0 Å². The molecule has 0 saturated carbocycles. The molecule has 2 unspecified atom stereocenters. The van der Waals surface area contributed by atoms with E-state index in [4.69, 9.17) is 16.7 Å². The number of sulfonamides is 1. The van der Waals surface area contributed by atoms with E-state index in [1.54, 1.807) is 0 Å². The van der Waals surface area contributed by atoms with Gasteiger partial charge in [0.05, 0.1) is 15.5 Å². The van der Waals surface area contributed by atoms with E-state index in [0.29, 0.717) is 24.9 Å². The largest absolute Gasteiger partial charge is 0.478 e. The molecule has 0 spiro atoms. The smallest absolute Gasteiger partial charge is 0.337 e. The molecule has 116 valence electrons. The Morgan fingerprint density at radius 3 is 2.33 bits per heavy atom. The lowest BCUT2D eigenvalue weighted by molar-refractivity contribution is 0.0697. The first kappa shape index (κ1) is 16.3. The van der Waals surface area contributed by atoms with E-state index in [-0.39, 0.29) is 15.5 Å². The highest BCUT2D eigenvalue weighted by molar-refractivity contribution is 7.89. The van der Waals surface area contributed by atoms with E-state index in [0.717, 1.165) is 6.42 Å². The zero-order chi connectivity index (χ0) is 15.8. The van der Waals surface area contributed by atoms with Crippen molar-refractivity contribution in [1.82, 2.24) is 4.31 Å². The number of rotatable bonds is 3. The van der Waals surface area contributed by atoms with Gasteiger partial charge in [-0.1, -0.05) is 25.4 Å². The fraction of sp³-hybridized carbons (Fsp3) is 0.500. The van der Waals surface area contributed by atoms with Crippen molar-refractivity contribution < 1.29 is 18.3 Å². The van der Waals surface area contributed by atoms with Gasteiger partial charge in [0.1, 0.15) is 0 Å². The van der Waals surface area contributed by atoms with Gasteiger partial charge in [-0.15, -0.1) is 0 Å². The molecule has 2 rings (SSSR count). The summed E-state index contributed by atoms with van der Waals surface area (Å²) in [7, 11) is -3.64. The minimum Gasteiger partial charge on any atom is -0.478 e. The van der Waals surface area contributed by atoms with Crippen molar-refractivity contribution in [2.75, 3.05) is 13.1 Å². The van der Waals surface area contributed by atoms with Crippen LogP contribution in [0, 0.1) is 11.8 Å². The van der Waals surface area contributed by atoms with Gasteiger partial charge in [-0.3, -0.25) is 0 Å². The number of piperidine rings is 1. The van der Waals surface area contributed by atoms with Gasteiger partial charge >= 0.3 is 5.97 Å². The molecule has 0 aromatic heterocycles. The highest BCUT2D eigenvalue weighted by Gasteiger charge is 2.32. The van der Waals surface area contributed by atoms with Crippen LogP contribution in [0.25, 0.3) is 0 Å². The normalized spacial score (nSPS) is 24.0. The van der Waals surface area contributed by atoms with E-state index in [1.807, 2.05) is 13.8 Å². The molecule has 1 N–H and O–H groups in total. The van der Waals surface area contributed by atoms with Crippen molar-refractivity contribution in [2.24, 2.45) is 11.8 Å². The van der Waals surface area contributed by atoms with Crippen molar-refractivity contribution in [2.45, 2.75) is 25.2 Å². The van der Waals surface area contributed by atoms with E-state index >= 15 is 0 Å². The second-order valence-corrected chi connectivity index (χ2v) is 8.06. The highest BCUT2D eigenvalue weighted by atomic mass is 35.5. The monoisotopic (exact) mass is 331 g/mol. The van der Waals surface area contributed by atoms with E-state index in [9.17, 15) is 13.2 Å². The van der Waals surface area contributed by atoms with Gasteiger partial charge in [0, 0.05) is 13.1 Å². The summed E-state index contributed by atoms with van der Waals surface area (Å²) in [6, 6.07) is 3.74. The number of carboxylic acid groups (broad SMARTS) is 1. The number of hydrogen-bond donors (Lipinski definition) is 1. The molecule has 1 aromatic carbocycles. The van der Waals surface area contributed by atoms with Crippen LogP contribution in [-0.2, 0) is 10.0 Å². The summed E-state index contributed by atoms with van der Waals surface area (Å²) in [6.45, 7) is 5.01. The number of carboxylic acids is 1. The van der Waals surface area contributed by atoms with Gasteiger partial charge in [-0.25, -0.2) is 13.2 Å². The van der Waals surface area contributed by atoms with Crippen LogP contribution in [0.1, 0.15) is 30.6 Å². The molecule has 1 saturated heterocycles. The Balaban J connectivity index is 2.35. The zero-order valence-corrected chi connectivity index (χ0v) is 13.5. The summed E-state index contributed by atoms with van der Waals surface area (Å²) >= 11 is 5.86. The fourth-order valence-corrected chi connectivity index (χ4v) is 4.81. The molecule has 5 nitrogen and oxygen atoms in total. The van der Waals surface area contributed by atoms with Gasteiger partial charge in [-0.2, -0.15) is 4.31 Å². The molecular weight excluding hydrogens is 314 g/mol. The SMILES string of the molecule is CC1CC(C)CN(S(=O)(=O)c2ccc(C(=O)O)c(Cl)c2)C1. The summed E-state index contributed by atoms with van der Waals surface area (Å²) in [5.41, 5.74) is -0.101. The third-order valence-electron chi connectivity index (χ3n) is 3.64. The van der Waals surface area contributed by atoms with Crippen molar-refractivity contribution in [3.63, 3.8) is 0 Å². The van der Waals surface area contributed by atoms with Gasteiger partial charge in [-0.05, 0) is 36.5 Å². The summed E-state index contributed by atoms with van der Waals surface area (Å²) in [5.74, 6) is -0.571. The molecule has 21 heavy (non-hydrogen) atoms. The Morgan fingerprint density at radius 2 is 1.86 bits per heavy atom. The number of carbonyl (C=O) groups is 1. The average molecular weight is 332 g/mol. The maximum Gasteiger partial charge on any atom is 0.337 e. The van der Waals surface area contributed by atoms with E-state index in [1.165, 1.54) is 22.5 Å². The Bertz CT molecular complexity index is 649. The number of aromatic carboxylic acids is 1. The van der Waals surface area contributed by atoms with Crippen LogP contribution in [-0.4, -0.2) is 36.9 Å². The molecule has 1 aliphatic rings. The van der Waals surface area contributed by atoms with Crippen LogP contribution < -0.4 is 0 Å². The van der Waals surface area contributed by atoms with Crippen LogP contribution in [0.2, 0.25) is 5.02 Å². The van der Waals surface area contributed by atoms with E-state index in [2.05, 4.69) is 0 Å². The second kappa shape index (κ2) is 5.94. The standard InChI is InChI=1S/C14H18ClNO4S/c1-9-5-10(2)8-16(7-9)21(19,20)11-3-4-12(14(17)18)13(15)6-11/h3-4,6,9-10H,5,7-8H2,1-2H3,(H,17,18). The molecule has 0 aliphatic carbocycles. The van der Waals surface area contributed by atoms with Crippen LogP contribution in [0.4, 0.5) is 0 Å². The maximum absolute atomic E-state index is 12.6. The van der Waals surface area contributed by atoms with Gasteiger partial charge in [0.15, 0.2) is 0 Å². The van der Waals surface area contributed by atoms with Crippen molar-refractivity contribution in [3.05, 3.63) is 28.8 Å². The Kier molecular flexibility index (Phi) is 4.60. The van der Waals surface area contributed by atoms with Gasteiger partial charge in [0.25, 0.3) is 0 Å². The molecule has 0 bridgehead atoms. The Hall–Kier alpha value is -1.11. The maximum atomic E-state index is 12.6. The summed E-state index contributed by atoms with van der Waals surface area (Å²) < 4.78 is 26.7. The lowest BCUT2D eigenvalue weighted by atomic mass is 9.94. The molecule has 1 heterocycles. The molecule has 1 aromatic rings. The van der Waals surface area contributed by atoms with Crippen molar-refractivity contribution in [1.29, 1.82) is 0 Å². The molecule has 1 aliphatic heterocycles. The van der Waals surface area contributed by atoms with Crippen LogP contribution in [0.5, 0.6) is 0 Å². The van der Waals surface area contributed by atoms with Gasteiger partial charge in [0.2, 0.25) is 10.0 Å². The molecular formula is C14H18ClNO4S. The van der Waals surface area contributed by atoms with Crippen molar-refractivity contribution in [3.8, 4) is 0 Å². The third kappa shape index (κ3) is 3.39. The summed E-state index contributed by atoms with van der Waals surface area (Å²) in [4.78, 5) is 11.0. The van der Waals surface area contributed by atoms with Crippen molar-refractivity contribution >= 4 is 27.6 Å². The first-order valence-corrected chi connectivity index (χ1v) is 8.56. The fourth-order valence-electron chi connectivity index (χ4n) is 2.78. The Labute approximate surface area is 129 Å². The lowest BCUT2D eigenvalue weighted by Crippen LogP contribution is -2.42. The van der Waals surface area contributed by atoms with Gasteiger partial charge < -0.3 is 5.11 Å². The number of benzene rings is 1. The number of hydrogen-bond acceptors (Lipinski definition) is 3. The quantitative estimate of drug-likeness (QED) is 0.924. The zero-order valence-electron chi connectivity index (χ0n) is 11.9. The molecule has 0 amide bonds. The topological polar surface area (TPSA) is 74.7 Å². The molecule has 0 radical (unpaired) electrons. The summed E-state index contributed by atoms with van der Waals surface area (Å²) in [5, 5.41) is 8.87. The van der Waals surface area contributed by atoms with E-state index < -0.39 is 16.0 Å². The lowest BCUT2D eigenvalue weighted by Gasteiger charge is -2.34. The second-order valence-electron chi connectivity index (χ2n) is 5.71. The predicted octanol–water partition coefficient (Wildman–Crippen LogP) is 2.70.